The predicted molar refractivity (Wildman–Crippen MR) is 94.1 cm³/mol. The van der Waals surface area contributed by atoms with E-state index in [0.717, 1.165) is 36.7 Å². The molecule has 1 aliphatic rings. The van der Waals surface area contributed by atoms with E-state index in [1.54, 1.807) is 14.2 Å². The van der Waals surface area contributed by atoms with Crippen LogP contribution in [-0.4, -0.2) is 50.7 Å². The normalized spacial score (nSPS) is 18.2. The van der Waals surface area contributed by atoms with E-state index >= 15 is 0 Å². The van der Waals surface area contributed by atoms with E-state index in [0.29, 0.717) is 19.7 Å². The number of methoxy groups -OCH3 is 1. The zero-order chi connectivity index (χ0) is 17.4. The Kier molecular flexibility index (Phi) is 6.90. The molecule has 1 atom stereocenters. The molecule has 6 heteroatoms. The van der Waals surface area contributed by atoms with Crippen LogP contribution in [-0.2, 0) is 16.1 Å². The summed E-state index contributed by atoms with van der Waals surface area (Å²) in [7, 11) is 3.43. The number of rotatable bonds is 5. The average molecular weight is 333 g/mol. The molecule has 1 aliphatic heterocycles. The van der Waals surface area contributed by atoms with Crippen molar-refractivity contribution < 1.29 is 14.3 Å². The molecule has 6 nitrogen and oxygen atoms in total. The van der Waals surface area contributed by atoms with Crippen LogP contribution in [0.3, 0.4) is 0 Å². The summed E-state index contributed by atoms with van der Waals surface area (Å²) >= 11 is 0. The second-order valence-corrected chi connectivity index (χ2v) is 5.79. The molecule has 1 aromatic carbocycles. The van der Waals surface area contributed by atoms with Crippen molar-refractivity contribution in [2.75, 3.05) is 33.9 Å². The van der Waals surface area contributed by atoms with Crippen molar-refractivity contribution in [2.24, 2.45) is 10.9 Å². The average Bonchev–Trinajstić information content (AvgIpc) is 2.63. The number of guanidine groups is 1. The SMILES string of the molecule is CCOC(=O)C1CCCN(C(=NC)NCc2cccc(OC)c2)C1. The second kappa shape index (κ2) is 9.15. The molecule has 0 bridgehead atoms. The Bertz CT molecular complexity index is 574. The topological polar surface area (TPSA) is 63.2 Å². The summed E-state index contributed by atoms with van der Waals surface area (Å²) in [4.78, 5) is 18.5. The Hall–Kier alpha value is -2.24. The lowest BCUT2D eigenvalue weighted by molar-refractivity contribution is -0.149. The third-order valence-corrected chi connectivity index (χ3v) is 4.14. The molecule has 1 aromatic rings. The predicted octanol–water partition coefficient (Wildman–Crippen LogP) is 2.05. The fourth-order valence-electron chi connectivity index (χ4n) is 2.92. The monoisotopic (exact) mass is 333 g/mol. The molecule has 1 saturated heterocycles. The summed E-state index contributed by atoms with van der Waals surface area (Å²) in [5, 5.41) is 3.37. The Morgan fingerprint density at radius 2 is 2.29 bits per heavy atom. The third kappa shape index (κ3) is 4.88. The van der Waals surface area contributed by atoms with Gasteiger partial charge in [0.05, 0.1) is 19.6 Å². The standard InChI is InChI=1S/C18H27N3O3/c1-4-24-17(22)15-8-6-10-21(13-15)18(19-2)20-12-14-7-5-9-16(11-14)23-3/h5,7,9,11,15H,4,6,8,10,12-13H2,1-3H3,(H,19,20). The van der Waals surface area contributed by atoms with Crippen LogP contribution in [0.25, 0.3) is 0 Å². The van der Waals surface area contributed by atoms with E-state index in [1.807, 2.05) is 31.2 Å². The molecule has 1 unspecified atom stereocenters. The van der Waals surface area contributed by atoms with Crippen LogP contribution in [0.5, 0.6) is 5.75 Å². The smallest absolute Gasteiger partial charge is 0.310 e. The van der Waals surface area contributed by atoms with Gasteiger partial charge in [-0.05, 0) is 37.5 Å². The molecule has 0 saturated carbocycles. The van der Waals surface area contributed by atoms with Gasteiger partial charge in [-0.25, -0.2) is 0 Å². The number of benzene rings is 1. The van der Waals surface area contributed by atoms with Gasteiger partial charge in [0.1, 0.15) is 5.75 Å². The number of likely N-dealkylation sites (tertiary alicyclic amines) is 1. The quantitative estimate of drug-likeness (QED) is 0.508. The minimum Gasteiger partial charge on any atom is -0.497 e. The summed E-state index contributed by atoms with van der Waals surface area (Å²) in [6.45, 7) is 4.47. The molecule has 0 radical (unpaired) electrons. The number of ether oxygens (including phenoxy) is 2. The van der Waals surface area contributed by atoms with Gasteiger partial charge in [-0.2, -0.15) is 0 Å². The van der Waals surface area contributed by atoms with Crippen molar-refractivity contribution in [1.82, 2.24) is 10.2 Å². The first-order valence-corrected chi connectivity index (χ1v) is 8.43. The molecule has 0 aromatic heterocycles. The minimum atomic E-state index is -0.106. The number of nitrogens with one attached hydrogen (secondary N) is 1. The summed E-state index contributed by atoms with van der Waals surface area (Å²) in [6.07, 6.45) is 1.84. The maximum absolute atomic E-state index is 12.0. The zero-order valence-electron chi connectivity index (χ0n) is 14.7. The molecule has 132 valence electrons. The first kappa shape index (κ1) is 18.1. The lowest BCUT2D eigenvalue weighted by Crippen LogP contribution is -2.48. The molecular formula is C18H27N3O3. The number of esters is 1. The molecule has 0 aliphatic carbocycles. The number of hydrogen-bond acceptors (Lipinski definition) is 4. The van der Waals surface area contributed by atoms with Crippen LogP contribution in [0.15, 0.2) is 29.3 Å². The van der Waals surface area contributed by atoms with Crippen LogP contribution in [0.1, 0.15) is 25.3 Å². The van der Waals surface area contributed by atoms with E-state index in [1.165, 1.54) is 0 Å². The van der Waals surface area contributed by atoms with Crippen molar-refractivity contribution in [3.05, 3.63) is 29.8 Å². The largest absolute Gasteiger partial charge is 0.497 e. The van der Waals surface area contributed by atoms with Crippen molar-refractivity contribution in [1.29, 1.82) is 0 Å². The fourth-order valence-corrected chi connectivity index (χ4v) is 2.92. The molecule has 1 fully saturated rings. The van der Waals surface area contributed by atoms with Gasteiger partial charge in [0, 0.05) is 26.7 Å². The molecule has 1 heterocycles. The molecular weight excluding hydrogens is 306 g/mol. The van der Waals surface area contributed by atoms with Gasteiger partial charge in [0.25, 0.3) is 0 Å². The Morgan fingerprint density at radius 3 is 3.00 bits per heavy atom. The van der Waals surface area contributed by atoms with Crippen LogP contribution >= 0.6 is 0 Å². The Balaban J connectivity index is 1.94. The summed E-state index contributed by atoms with van der Waals surface area (Å²) in [5.41, 5.74) is 1.12. The molecule has 2 rings (SSSR count). The second-order valence-electron chi connectivity index (χ2n) is 5.79. The van der Waals surface area contributed by atoms with Crippen molar-refractivity contribution in [2.45, 2.75) is 26.3 Å². The third-order valence-electron chi connectivity index (χ3n) is 4.14. The van der Waals surface area contributed by atoms with E-state index in [-0.39, 0.29) is 11.9 Å². The zero-order valence-corrected chi connectivity index (χ0v) is 14.7. The van der Waals surface area contributed by atoms with Gasteiger partial charge in [0.2, 0.25) is 0 Å². The van der Waals surface area contributed by atoms with Crippen molar-refractivity contribution in [3.8, 4) is 5.75 Å². The Labute approximate surface area is 143 Å². The number of hydrogen-bond donors (Lipinski definition) is 1. The summed E-state index contributed by atoms with van der Waals surface area (Å²) < 4.78 is 10.4. The van der Waals surface area contributed by atoms with Crippen LogP contribution < -0.4 is 10.1 Å². The first-order valence-electron chi connectivity index (χ1n) is 8.43. The van der Waals surface area contributed by atoms with E-state index in [2.05, 4.69) is 15.2 Å². The van der Waals surface area contributed by atoms with Gasteiger partial charge >= 0.3 is 5.97 Å². The van der Waals surface area contributed by atoms with Gasteiger partial charge in [-0.3, -0.25) is 9.79 Å². The highest BCUT2D eigenvalue weighted by atomic mass is 16.5. The van der Waals surface area contributed by atoms with Gasteiger partial charge in [0.15, 0.2) is 5.96 Å². The molecule has 0 amide bonds. The van der Waals surface area contributed by atoms with Crippen molar-refractivity contribution in [3.63, 3.8) is 0 Å². The van der Waals surface area contributed by atoms with Gasteiger partial charge < -0.3 is 19.7 Å². The van der Waals surface area contributed by atoms with E-state index in [9.17, 15) is 4.79 Å². The number of piperidine rings is 1. The number of carbonyl (C=O) groups is 1. The van der Waals surface area contributed by atoms with Crippen LogP contribution in [0, 0.1) is 5.92 Å². The van der Waals surface area contributed by atoms with E-state index < -0.39 is 0 Å². The van der Waals surface area contributed by atoms with Gasteiger partial charge in [-0.1, -0.05) is 12.1 Å². The van der Waals surface area contributed by atoms with Crippen LogP contribution in [0.2, 0.25) is 0 Å². The van der Waals surface area contributed by atoms with Gasteiger partial charge in [-0.15, -0.1) is 0 Å². The summed E-state index contributed by atoms with van der Waals surface area (Å²) in [6, 6.07) is 7.93. The highest BCUT2D eigenvalue weighted by molar-refractivity contribution is 5.81. The molecule has 0 spiro atoms. The number of nitrogens with zero attached hydrogens (tertiary/aromatic N) is 2. The Morgan fingerprint density at radius 1 is 1.46 bits per heavy atom. The maximum Gasteiger partial charge on any atom is 0.310 e. The highest BCUT2D eigenvalue weighted by Crippen LogP contribution is 2.18. The van der Waals surface area contributed by atoms with Crippen LogP contribution in [0.4, 0.5) is 0 Å². The highest BCUT2D eigenvalue weighted by Gasteiger charge is 2.28. The van der Waals surface area contributed by atoms with E-state index in [4.69, 9.17) is 9.47 Å². The summed E-state index contributed by atoms with van der Waals surface area (Å²) in [5.74, 6) is 1.47. The lowest BCUT2D eigenvalue weighted by atomic mass is 9.98. The molecule has 1 N–H and O–H groups in total. The lowest BCUT2D eigenvalue weighted by Gasteiger charge is -2.34. The van der Waals surface area contributed by atoms with Crippen molar-refractivity contribution >= 4 is 11.9 Å². The number of aliphatic imine (C=N–C) groups is 1. The number of carbonyl (C=O) groups excluding carboxylic acids is 1. The molecule has 24 heavy (non-hydrogen) atoms. The maximum atomic E-state index is 12.0. The first-order chi connectivity index (χ1) is 11.7. The fraction of sp³-hybridized carbons (Fsp3) is 0.556. The minimum absolute atomic E-state index is 0.0749.